The zero-order valence-corrected chi connectivity index (χ0v) is 11.3. The molecule has 0 spiro atoms. The molecule has 2 aromatic rings. The minimum atomic E-state index is -0.923. The lowest BCUT2D eigenvalue weighted by atomic mass is 10.1. The minimum absolute atomic E-state index is 0.262. The summed E-state index contributed by atoms with van der Waals surface area (Å²) in [5.74, 6) is -0.0486. The zero-order valence-electron chi connectivity index (χ0n) is 10.5. The van der Waals surface area contributed by atoms with Crippen molar-refractivity contribution in [1.82, 2.24) is 0 Å². The minimum Gasteiger partial charge on any atom is -0.507 e. The van der Waals surface area contributed by atoms with E-state index in [1.54, 1.807) is 24.8 Å². The molecule has 0 heterocycles. The SMILES string of the molecule is C/C(=C/C(=O)O)CSc1ccc(O)c2ccccc12. The van der Waals surface area contributed by atoms with Gasteiger partial charge in [-0.3, -0.25) is 0 Å². The lowest BCUT2D eigenvalue weighted by Crippen LogP contribution is -1.92. The summed E-state index contributed by atoms with van der Waals surface area (Å²) >= 11 is 1.57. The van der Waals surface area contributed by atoms with Crippen molar-refractivity contribution in [3.63, 3.8) is 0 Å². The molecular weight excluding hydrogens is 260 g/mol. The normalized spacial score (nSPS) is 11.7. The molecule has 0 aliphatic rings. The molecule has 2 N–H and O–H groups in total. The molecule has 19 heavy (non-hydrogen) atoms. The van der Waals surface area contributed by atoms with Gasteiger partial charge in [-0.25, -0.2) is 4.79 Å². The summed E-state index contributed by atoms with van der Waals surface area (Å²) in [6.45, 7) is 1.80. The summed E-state index contributed by atoms with van der Waals surface area (Å²) in [7, 11) is 0. The van der Waals surface area contributed by atoms with E-state index in [2.05, 4.69) is 0 Å². The van der Waals surface area contributed by atoms with Crippen molar-refractivity contribution in [2.24, 2.45) is 0 Å². The molecule has 0 bridgehead atoms. The van der Waals surface area contributed by atoms with E-state index >= 15 is 0 Å². The summed E-state index contributed by atoms with van der Waals surface area (Å²) in [6, 6.07) is 11.2. The fourth-order valence-corrected chi connectivity index (χ4v) is 2.79. The topological polar surface area (TPSA) is 57.5 Å². The number of aliphatic carboxylic acids is 1. The third-order valence-corrected chi connectivity index (χ3v) is 3.95. The molecule has 0 saturated heterocycles. The number of hydrogen-bond donors (Lipinski definition) is 2. The summed E-state index contributed by atoms with van der Waals surface area (Å²) in [4.78, 5) is 11.6. The van der Waals surface area contributed by atoms with Crippen molar-refractivity contribution in [3.05, 3.63) is 48.0 Å². The van der Waals surface area contributed by atoms with Gasteiger partial charge in [0.2, 0.25) is 0 Å². The van der Waals surface area contributed by atoms with Crippen LogP contribution < -0.4 is 0 Å². The Balaban J connectivity index is 2.27. The first-order chi connectivity index (χ1) is 9.08. The van der Waals surface area contributed by atoms with Crippen molar-refractivity contribution in [1.29, 1.82) is 0 Å². The number of carboxylic acids is 1. The average Bonchev–Trinajstić information content (AvgIpc) is 2.37. The van der Waals surface area contributed by atoms with Gasteiger partial charge in [0.15, 0.2) is 0 Å². The van der Waals surface area contributed by atoms with E-state index in [4.69, 9.17) is 5.11 Å². The predicted molar refractivity (Wildman–Crippen MR) is 77.7 cm³/mol. The van der Waals surface area contributed by atoms with Crippen molar-refractivity contribution >= 4 is 28.5 Å². The highest BCUT2D eigenvalue weighted by Gasteiger charge is 2.05. The van der Waals surface area contributed by atoms with E-state index in [0.717, 1.165) is 21.2 Å². The number of aromatic hydroxyl groups is 1. The molecule has 0 amide bonds. The van der Waals surface area contributed by atoms with Gasteiger partial charge in [0.1, 0.15) is 5.75 Å². The Morgan fingerprint density at radius 1 is 1.21 bits per heavy atom. The molecule has 2 rings (SSSR count). The molecule has 2 aromatic carbocycles. The Labute approximate surface area is 115 Å². The van der Waals surface area contributed by atoms with Crippen LogP contribution in [-0.4, -0.2) is 21.9 Å². The van der Waals surface area contributed by atoms with Crippen LogP contribution in [0.15, 0.2) is 52.9 Å². The van der Waals surface area contributed by atoms with E-state index in [0.29, 0.717) is 5.75 Å². The second kappa shape index (κ2) is 5.80. The first kappa shape index (κ1) is 13.5. The quantitative estimate of drug-likeness (QED) is 0.659. The van der Waals surface area contributed by atoms with Crippen molar-refractivity contribution in [3.8, 4) is 5.75 Å². The lowest BCUT2D eigenvalue weighted by Gasteiger charge is -2.07. The molecule has 0 fully saturated rings. The highest BCUT2D eigenvalue weighted by atomic mass is 32.2. The number of benzene rings is 2. The number of hydrogen-bond acceptors (Lipinski definition) is 3. The van der Waals surface area contributed by atoms with Gasteiger partial charge in [-0.2, -0.15) is 0 Å². The Bertz CT molecular complexity index is 647. The van der Waals surface area contributed by atoms with Crippen LogP contribution in [0.3, 0.4) is 0 Å². The number of rotatable bonds is 4. The van der Waals surface area contributed by atoms with Crippen LogP contribution in [-0.2, 0) is 4.79 Å². The van der Waals surface area contributed by atoms with Crippen molar-refractivity contribution in [2.75, 3.05) is 5.75 Å². The maximum Gasteiger partial charge on any atom is 0.328 e. The molecule has 98 valence electrons. The number of thioether (sulfide) groups is 1. The smallest absolute Gasteiger partial charge is 0.328 e. The number of phenolic OH excluding ortho intramolecular Hbond substituents is 1. The lowest BCUT2D eigenvalue weighted by molar-refractivity contribution is -0.131. The summed E-state index contributed by atoms with van der Waals surface area (Å²) in [5, 5.41) is 20.3. The molecule has 0 aliphatic carbocycles. The van der Waals surface area contributed by atoms with E-state index in [1.165, 1.54) is 6.08 Å². The molecule has 0 radical (unpaired) electrons. The molecule has 0 unspecified atom stereocenters. The van der Waals surface area contributed by atoms with Gasteiger partial charge in [-0.05, 0) is 24.4 Å². The highest BCUT2D eigenvalue weighted by molar-refractivity contribution is 7.99. The molecule has 0 saturated carbocycles. The average molecular weight is 274 g/mol. The largest absolute Gasteiger partial charge is 0.507 e. The highest BCUT2D eigenvalue weighted by Crippen LogP contribution is 2.33. The Morgan fingerprint density at radius 2 is 1.89 bits per heavy atom. The van der Waals surface area contributed by atoms with Crippen LogP contribution >= 0.6 is 11.8 Å². The molecule has 4 heteroatoms. The van der Waals surface area contributed by atoms with Crippen LogP contribution in [0.25, 0.3) is 10.8 Å². The molecular formula is C15H14O3S. The fourth-order valence-electron chi connectivity index (χ4n) is 1.83. The van der Waals surface area contributed by atoms with Crippen LogP contribution in [0.5, 0.6) is 5.75 Å². The van der Waals surface area contributed by atoms with Crippen molar-refractivity contribution < 1.29 is 15.0 Å². The molecule has 0 aliphatic heterocycles. The first-order valence-corrected chi connectivity index (χ1v) is 6.80. The molecule has 0 aromatic heterocycles. The van der Waals surface area contributed by atoms with Crippen LogP contribution in [0, 0.1) is 0 Å². The van der Waals surface area contributed by atoms with E-state index in [-0.39, 0.29) is 5.75 Å². The second-order valence-corrected chi connectivity index (χ2v) is 5.26. The van der Waals surface area contributed by atoms with Gasteiger partial charge in [0.25, 0.3) is 0 Å². The van der Waals surface area contributed by atoms with Gasteiger partial charge in [0.05, 0.1) is 0 Å². The summed E-state index contributed by atoms with van der Waals surface area (Å²) in [6.07, 6.45) is 1.22. The van der Waals surface area contributed by atoms with Crippen LogP contribution in [0.1, 0.15) is 6.92 Å². The van der Waals surface area contributed by atoms with Gasteiger partial charge < -0.3 is 10.2 Å². The van der Waals surface area contributed by atoms with E-state index in [9.17, 15) is 9.90 Å². The number of fused-ring (bicyclic) bond motifs is 1. The monoisotopic (exact) mass is 274 g/mol. The second-order valence-electron chi connectivity index (χ2n) is 4.25. The Kier molecular flexibility index (Phi) is 4.12. The summed E-state index contributed by atoms with van der Waals surface area (Å²) < 4.78 is 0. The zero-order chi connectivity index (χ0) is 13.8. The third-order valence-electron chi connectivity index (χ3n) is 2.69. The van der Waals surface area contributed by atoms with E-state index < -0.39 is 5.97 Å². The van der Waals surface area contributed by atoms with Crippen molar-refractivity contribution in [2.45, 2.75) is 11.8 Å². The standard InChI is InChI=1S/C15H14O3S/c1-10(8-15(17)18)9-19-14-7-6-13(16)11-4-2-3-5-12(11)14/h2-8,16H,9H2,1H3,(H,17,18)/b10-8-. The number of phenols is 1. The fraction of sp³-hybridized carbons (Fsp3) is 0.133. The van der Waals surface area contributed by atoms with E-state index in [1.807, 2.05) is 30.3 Å². The number of carboxylic acid groups (broad SMARTS) is 1. The van der Waals surface area contributed by atoms with Gasteiger partial charge in [-0.1, -0.05) is 29.8 Å². The Hall–Kier alpha value is -1.94. The van der Waals surface area contributed by atoms with Crippen LogP contribution in [0.4, 0.5) is 0 Å². The maximum absolute atomic E-state index is 10.6. The molecule has 3 nitrogen and oxygen atoms in total. The van der Waals surface area contributed by atoms with Crippen LogP contribution in [0.2, 0.25) is 0 Å². The third kappa shape index (κ3) is 3.29. The van der Waals surface area contributed by atoms with Gasteiger partial charge >= 0.3 is 5.97 Å². The number of carbonyl (C=O) groups is 1. The Morgan fingerprint density at radius 3 is 2.58 bits per heavy atom. The summed E-state index contributed by atoms with van der Waals surface area (Å²) in [5.41, 5.74) is 0.801. The van der Waals surface area contributed by atoms with Gasteiger partial charge in [0, 0.05) is 22.1 Å². The maximum atomic E-state index is 10.6. The predicted octanol–water partition coefficient (Wildman–Crippen LogP) is 3.67. The first-order valence-electron chi connectivity index (χ1n) is 5.81. The van der Waals surface area contributed by atoms with Gasteiger partial charge in [-0.15, -0.1) is 11.8 Å². The molecule has 0 atom stereocenters.